The lowest BCUT2D eigenvalue weighted by molar-refractivity contribution is 1.61. The molecule has 0 N–H and O–H groups in total. The van der Waals surface area contributed by atoms with Crippen LogP contribution in [-0.2, 0) is 0 Å². The molecule has 0 spiro atoms. The van der Waals surface area contributed by atoms with Crippen molar-refractivity contribution in [2.45, 2.75) is 0 Å². The number of halogens is 1. The maximum atomic E-state index is 3.39. The van der Waals surface area contributed by atoms with Gasteiger partial charge in [0, 0.05) is 9.38 Å². The van der Waals surface area contributed by atoms with Crippen LogP contribution in [0, 0.1) is 0 Å². The van der Waals surface area contributed by atoms with Gasteiger partial charge in [-0.05, 0) is 23.1 Å². The van der Waals surface area contributed by atoms with Crippen molar-refractivity contribution in [2.75, 3.05) is 0 Å². The van der Waals surface area contributed by atoms with E-state index in [2.05, 4.69) is 45.6 Å². The first kappa shape index (κ1) is 6.50. The van der Waals surface area contributed by atoms with E-state index in [4.69, 9.17) is 0 Å². The lowest BCUT2D eigenvalue weighted by Gasteiger charge is -1.91. The molecule has 0 unspecified atom stereocenters. The first-order chi connectivity index (χ1) is 4.86. The van der Waals surface area contributed by atoms with Crippen LogP contribution in [0.25, 0.3) is 4.91 Å². The molecule has 0 atom stereocenters. The molecule has 0 nitrogen and oxygen atoms in total. The molecular formula is C8H5BrS. The lowest BCUT2D eigenvalue weighted by atomic mass is 10.2. The van der Waals surface area contributed by atoms with Gasteiger partial charge in [-0.1, -0.05) is 39.8 Å². The van der Waals surface area contributed by atoms with Gasteiger partial charge in [-0.2, -0.15) is 0 Å². The number of rotatable bonds is 1. The normalized spacial score (nSPS) is 14.7. The molecule has 0 aliphatic carbocycles. The summed E-state index contributed by atoms with van der Waals surface area (Å²) in [5.74, 6) is 0. The van der Waals surface area contributed by atoms with Crippen LogP contribution in [0.4, 0.5) is 0 Å². The van der Waals surface area contributed by atoms with Crippen molar-refractivity contribution in [1.82, 2.24) is 0 Å². The molecule has 2 rings (SSSR count). The molecule has 1 aromatic rings. The van der Waals surface area contributed by atoms with Gasteiger partial charge >= 0.3 is 0 Å². The number of thioether (sulfide) groups is 1. The van der Waals surface area contributed by atoms with E-state index >= 15 is 0 Å². The molecule has 0 saturated heterocycles. The van der Waals surface area contributed by atoms with Gasteiger partial charge in [-0.15, -0.1) is 0 Å². The Balaban J connectivity index is 2.37. The molecule has 1 heterocycles. The standard InChI is InChI=1S/C8H5BrS/c9-7-3-1-6(2-4-7)8-5-10-8/h1-5H. The van der Waals surface area contributed by atoms with Crippen molar-refractivity contribution in [2.24, 2.45) is 0 Å². The Morgan fingerprint density at radius 1 is 1.10 bits per heavy atom. The van der Waals surface area contributed by atoms with Gasteiger partial charge in [0.15, 0.2) is 0 Å². The molecule has 1 aromatic carbocycles. The fourth-order valence-corrected chi connectivity index (χ4v) is 1.51. The average molecular weight is 213 g/mol. The van der Waals surface area contributed by atoms with Crippen molar-refractivity contribution in [1.29, 1.82) is 0 Å². The smallest absolute Gasteiger partial charge is 0.0255 e. The topological polar surface area (TPSA) is 0 Å². The predicted octanol–water partition coefficient (Wildman–Crippen LogP) is 3.49. The lowest BCUT2D eigenvalue weighted by Crippen LogP contribution is -1.69. The third-order valence-electron chi connectivity index (χ3n) is 1.36. The number of benzene rings is 1. The minimum atomic E-state index is 1.14. The van der Waals surface area contributed by atoms with Gasteiger partial charge in [0.2, 0.25) is 0 Å². The minimum absolute atomic E-state index is 1.14. The summed E-state index contributed by atoms with van der Waals surface area (Å²) in [6, 6.07) is 8.37. The molecule has 10 heavy (non-hydrogen) atoms. The Morgan fingerprint density at radius 3 is 2.20 bits per heavy atom. The molecule has 1 aliphatic heterocycles. The van der Waals surface area contributed by atoms with E-state index in [1.54, 1.807) is 11.8 Å². The molecule has 0 bridgehead atoms. The fraction of sp³-hybridized carbons (Fsp3) is 0. The quantitative estimate of drug-likeness (QED) is 0.687. The Bertz CT molecular complexity index is 274. The molecule has 0 aromatic heterocycles. The summed E-state index contributed by atoms with van der Waals surface area (Å²) in [5.41, 5.74) is 1.33. The third-order valence-corrected chi connectivity index (χ3v) is 2.60. The zero-order valence-electron chi connectivity index (χ0n) is 5.17. The van der Waals surface area contributed by atoms with Crippen LogP contribution >= 0.6 is 27.7 Å². The second-order valence-electron chi connectivity index (χ2n) is 2.11. The number of hydrogen-bond donors (Lipinski definition) is 0. The first-order valence-electron chi connectivity index (χ1n) is 2.99. The van der Waals surface area contributed by atoms with E-state index in [9.17, 15) is 0 Å². The Kier molecular flexibility index (Phi) is 1.58. The summed E-state index contributed by atoms with van der Waals surface area (Å²) in [6.07, 6.45) is 0. The van der Waals surface area contributed by atoms with E-state index in [1.165, 1.54) is 10.5 Å². The largest absolute Gasteiger partial charge is 0.0957 e. The van der Waals surface area contributed by atoms with E-state index in [0.717, 1.165) is 4.47 Å². The van der Waals surface area contributed by atoms with Gasteiger partial charge in [-0.3, -0.25) is 0 Å². The van der Waals surface area contributed by atoms with Crippen LogP contribution in [0.15, 0.2) is 34.1 Å². The fourth-order valence-electron chi connectivity index (χ4n) is 0.780. The molecule has 1 aliphatic rings. The first-order valence-corrected chi connectivity index (χ1v) is 4.66. The van der Waals surface area contributed by atoms with E-state index in [1.807, 2.05) is 0 Å². The van der Waals surface area contributed by atoms with Crippen molar-refractivity contribution < 1.29 is 0 Å². The Hall–Kier alpha value is -0.210. The van der Waals surface area contributed by atoms with Crippen LogP contribution in [0.1, 0.15) is 5.56 Å². The highest BCUT2D eigenvalue weighted by atomic mass is 79.9. The van der Waals surface area contributed by atoms with Gasteiger partial charge in [0.25, 0.3) is 0 Å². The number of hydrogen-bond acceptors (Lipinski definition) is 1. The van der Waals surface area contributed by atoms with Crippen LogP contribution in [0.5, 0.6) is 0 Å². The minimum Gasteiger partial charge on any atom is -0.0957 e. The molecule has 2 heteroatoms. The second kappa shape index (κ2) is 2.44. The SMILES string of the molecule is Brc1ccc(C2=CS2)cc1. The Labute approximate surface area is 72.5 Å². The summed E-state index contributed by atoms with van der Waals surface area (Å²) in [5, 5.41) is 2.16. The van der Waals surface area contributed by atoms with Crippen LogP contribution in [0.2, 0.25) is 0 Å². The highest BCUT2D eigenvalue weighted by Crippen LogP contribution is 2.43. The summed E-state index contributed by atoms with van der Waals surface area (Å²) >= 11 is 5.19. The van der Waals surface area contributed by atoms with Crippen LogP contribution in [0.3, 0.4) is 0 Å². The molecule has 0 fully saturated rings. The summed E-state index contributed by atoms with van der Waals surface area (Å²) < 4.78 is 1.14. The molecule has 0 saturated carbocycles. The van der Waals surface area contributed by atoms with E-state index in [0.29, 0.717) is 0 Å². The van der Waals surface area contributed by atoms with E-state index in [-0.39, 0.29) is 0 Å². The zero-order chi connectivity index (χ0) is 6.97. The molecule has 0 amide bonds. The monoisotopic (exact) mass is 212 g/mol. The zero-order valence-corrected chi connectivity index (χ0v) is 7.58. The van der Waals surface area contributed by atoms with Gasteiger partial charge in [0.1, 0.15) is 0 Å². The summed E-state index contributed by atoms with van der Waals surface area (Å²) in [4.78, 5) is 1.40. The average Bonchev–Trinajstić information content (AvgIpc) is 2.71. The van der Waals surface area contributed by atoms with Crippen molar-refractivity contribution in [3.05, 3.63) is 39.7 Å². The maximum Gasteiger partial charge on any atom is 0.0255 e. The molecule has 0 radical (unpaired) electrons. The molecule has 50 valence electrons. The van der Waals surface area contributed by atoms with Crippen molar-refractivity contribution >= 4 is 32.6 Å². The van der Waals surface area contributed by atoms with Gasteiger partial charge < -0.3 is 0 Å². The van der Waals surface area contributed by atoms with Gasteiger partial charge in [-0.25, -0.2) is 0 Å². The summed E-state index contributed by atoms with van der Waals surface area (Å²) in [7, 11) is 0. The van der Waals surface area contributed by atoms with Crippen molar-refractivity contribution in [3.63, 3.8) is 0 Å². The van der Waals surface area contributed by atoms with Gasteiger partial charge in [0.05, 0.1) is 0 Å². The predicted molar refractivity (Wildman–Crippen MR) is 49.7 cm³/mol. The Morgan fingerprint density at radius 2 is 1.70 bits per heavy atom. The third kappa shape index (κ3) is 1.27. The molecular weight excluding hydrogens is 208 g/mol. The van der Waals surface area contributed by atoms with Crippen LogP contribution in [-0.4, -0.2) is 0 Å². The second-order valence-corrected chi connectivity index (χ2v) is 3.93. The highest BCUT2D eigenvalue weighted by molar-refractivity contribution is 9.10. The summed E-state index contributed by atoms with van der Waals surface area (Å²) in [6.45, 7) is 0. The van der Waals surface area contributed by atoms with Crippen molar-refractivity contribution in [3.8, 4) is 0 Å². The van der Waals surface area contributed by atoms with Crippen LogP contribution < -0.4 is 0 Å². The van der Waals surface area contributed by atoms with E-state index < -0.39 is 0 Å². The maximum absolute atomic E-state index is 3.39. The highest BCUT2D eigenvalue weighted by Gasteiger charge is 2.09.